The molecule has 0 radical (unpaired) electrons. The number of carbonyl (C=O) groups is 3. The number of nitrogens with zero attached hydrogens (tertiary/aromatic N) is 1. The van der Waals surface area contributed by atoms with E-state index in [0.717, 1.165) is 17.0 Å². The molecule has 0 saturated heterocycles. The lowest BCUT2D eigenvalue weighted by Crippen LogP contribution is -2.50. The van der Waals surface area contributed by atoms with E-state index < -0.39 is 29.6 Å². The maximum atomic E-state index is 12.6. The summed E-state index contributed by atoms with van der Waals surface area (Å²) in [5, 5.41) is 4.80. The average molecular weight is 399 g/mol. The number of rotatable bonds is 5. The fourth-order valence-corrected chi connectivity index (χ4v) is 2.88. The predicted molar refractivity (Wildman–Crippen MR) is 111 cm³/mol. The number of aromatic nitrogens is 1. The summed E-state index contributed by atoms with van der Waals surface area (Å²) in [7, 11) is 0. The Morgan fingerprint density at radius 3 is 2.31 bits per heavy atom. The third-order valence-corrected chi connectivity index (χ3v) is 4.36. The van der Waals surface area contributed by atoms with Gasteiger partial charge in [-0.2, -0.15) is 0 Å². The van der Waals surface area contributed by atoms with Crippen molar-refractivity contribution < 1.29 is 19.1 Å². The minimum atomic E-state index is -1.11. The van der Waals surface area contributed by atoms with Gasteiger partial charge < -0.3 is 14.6 Å². The molecule has 2 rings (SSSR count). The molecule has 3 amide bonds. The number of urea groups is 1. The molecule has 0 fully saturated rings. The van der Waals surface area contributed by atoms with Gasteiger partial charge in [-0.25, -0.2) is 9.59 Å². The highest BCUT2D eigenvalue weighted by molar-refractivity contribution is 5.99. The van der Waals surface area contributed by atoms with Crippen LogP contribution >= 0.6 is 0 Å². The van der Waals surface area contributed by atoms with Gasteiger partial charge in [-0.3, -0.25) is 10.1 Å². The smallest absolute Gasteiger partial charge is 0.340 e. The van der Waals surface area contributed by atoms with Gasteiger partial charge in [-0.1, -0.05) is 30.3 Å². The van der Waals surface area contributed by atoms with E-state index in [4.69, 9.17) is 4.74 Å². The monoisotopic (exact) mass is 399 g/mol. The molecule has 2 aromatic rings. The Bertz CT molecular complexity index is 895. The van der Waals surface area contributed by atoms with E-state index in [1.165, 1.54) is 6.92 Å². The Labute approximate surface area is 171 Å². The molecule has 0 aliphatic heterocycles. The second kappa shape index (κ2) is 8.94. The Kier molecular flexibility index (Phi) is 6.84. The molecule has 29 heavy (non-hydrogen) atoms. The first-order chi connectivity index (χ1) is 13.5. The largest absolute Gasteiger partial charge is 0.449 e. The van der Waals surface area contributed by atoms with E-state index in [2.05, 4.69) is 10.6 Å². The molecular formula is C22H29N3O4. The van der Waals surface area contributed by atoms with Crippen LogP contribution in [0, 0.1) is 13.8 Å². The molecule has 156 valence electrons. The normalized spacial score (nSPS) is 12.2. The second-order valence-electron chi connectivity index (χ2n) is 8.10. The first kappa shape index (κ1) is 22.2. The van der Waals surface area contributed by atoms with E-state index in [9.17, 15) is 14.4 Å². The molecule has 7 heteroatoms. The van der Waals surface area contributed by atoms with Crippen LogP contribution in [0.1, 0.15) is 55.0 Å². The standard InChI is InChI=1S/C22H29N3O4/c1-14-12-18(15(2)25(14)13-17-10-8-7-9-11-17)20(27)29-16(3)19(26)23-21(28)24-22(4,5)6/h7-12,16H,13H2,1-6H3,(H2,23,24,26,28). The number of imide groups is 1. The highest BCUT2D eigenvalue weighted by Gasteiger charge is 2.24. The van der Waals surface area contributed by atoms with Crippen molar-refractivity contribution in [2.75, 3.05) is 0 Å². The Hall–Kier alpha value is -3.09. The molecule has 0 spiro atoms. The summed E-state index contributed by atoms with van der Waals surface area (Å²) in [4.78, 5) is 36.6. The van der Waals surface area contributed by atoms with E-state index in [0.29, 0.717) is 12.1 Å². The van der Waals surface area contributed by atoms with Crippen LogP contribution in [0.3, 0.4) is 0 Å². The van der Waals surface area contributed by atoms with Crippen molar-refractivity contribution in [2.24, 2.45) is 0 Å². The molecule has 1 unspecified atom stereocenters. The van der Waals surface area contributed by atoms with Crippen molar-refractivity contribution in [3.63, 3.8) is 0 Å². The van der Waals surface area contributed by atoms with Crippen LogP contribution in [0.25, 0.3) is 0 Å². The maximum absolute atomic E-state index is 12.6. The Morgan fingerprint density at radius 2 is 1.72 bits per heavy atom. The lowest BCUT2D eigenvalue weighted by atomic mass is 10.1. The predicted octanol–water partition coefficient (Wildman–Crippen LogP) is 3.32. The number of amides is 3. The summed E-state index contributed by atoms with van der Waals surface area (Å²) < 4.78 is 7.31. The van der Waals surface area contributed by atoms with Crippen LogP contribution in [-0.4, -0.2) is 34.1 Å². The van der Waals surface area contributed by atoms with Gasteiger partial charge in [0.2, 0.25) is 0 Å². The summed E-state index contributed by atoms with van der Waals surface area (Å²) in [5.41, 5.74) is 2.71. The first-order valence-corrected chi connectivity index (χ1v) is 9.52. The van der Waals surface area contributed by atoms with Crippen LogP contribution in [0.4, 0.5) is 4.79 Å². The van der Waals surface area contributed by atoms with Gasteiger partial charge in [0.1, 0.15) is 0 Å². The molecule has 7 nitrogen and oxygen atoms in total. The average Bonchev–Trinajstić information content (AvgIpc) is 2.89. The van der Waals surface area contributed by atoms with Gasteiger partial charge in [0, 0.05) is 23.5 Å². The van der Waals surface area contributed by atoms with Gasteiger partial charge in [0.05, 0.1) is 5.56 Å². The van der Waals surface area contributed by atoms with Gasteiger partial charge >= 0.3 is 12.0 Å². The molecule has 1 aromatic carbocycles. The minimum Gasteiger partial charge on any atom is -0.449 e. The highest BCUT2D eigenvalue weighted by atomic mass is 16.5. The number of benzene rings is 1. The number of carbonyl (C=O) groups excluding carboxylic acids is 3. The molecule has 0 saturated carbocycles. The Morgan fingerprint density at radius 1 is 1.10 bits per heavy atom. The second-order valence-corrected chi connectivity index (χ2v) is 8.10. The van der Waals surface area contributed by atoms with E-state index in [1.54, 1.807) is 26.8 Å². The zero-order chi connectivity index (χ0) is 21.8. The maximum Gasteiger partial charge on any atom is 0.340 e. The number of esters is 1. The van der Waals surface area contributed by atoms with Crippen LogP contribution in [-0.2, 0) is 16.1 Å². The van der Waals surface area contributed by atoms with Crippen LogP contribution in [0.2, 0.25) is 0 Å². The molecule has 2 N–H and O–H groups in total. The summed E-state index contributed by atoms with van der Waals surface area (Å²) in [6.45, 7) is 11.2. The van der Waals surface area contributed by atoms with Crippen molar-refractivity contribution >= 4 is 17.9 Å². The number of aryl methyl sites for hydroxylation is 1. The molecule has 1 heterocycles. The first-order valence-electron chi connectivity index (χ1n) is 9.52. The quantitative estimate of drug-likeness (QED) is 0.755. The summed E-state index contributed by atoms with van der Waals surface area (Å²) in [5.74, 6) is -1.28. The summed E-state index contributed by atoms with van der Waals surface area (Å²) in [6, 6.07) is 11.0. The lowest BCUT2D eigenvalue weighted by molar-refractivity contribution is -0.127. The highest BCUT2D eigenvalue weighted by Crippen LogP contribution is 2.18. The SMILES string of the molecule is Cc1cc(C(=O)OC(C)C(=O)NC(=O)NC(C)(C)C)c(C)n1Cc1ccccc1. The number of nitrogens with one attached hydrogen (secondary N) is 2. The minimum absolute atomic E-state index is 0.400. The third-order valence-electron chi connectivity index (χ3n) is 4.36. The fourth-order valence-electron chi connectivity index (χ4n) is 2.88. The van der Waals surface area contributed by atoms with Crippen molar-refractivity contribution in [1.82, 2.24) is 15.2 Å². The van der Waals surface area contributed by atoms with E-state index >= 15 is 0 Å². The van der Waals surface area contributed by atoms with Crippen molar-refractivity contribution in [2.45, 2.75) is 59.7 Å². The molecule has 1 aromatic heterocycles. The van der Waals surface area contributed by atoms with Gasteiger partial charge in [-0.05, 0) is 53.2 Å². The van der Waals surface area contributed by atoms with Gasteiger partial charge in [-0.15, -0.1) is 0 Å². The zero-order valence-electron chi connectivity index (χ0n) is 17.8. The molecule has 0 bridgehead atoms. The van der Waals surface area contributed by atoms with E-state index in [1.807, 2.05) is 48.7 Å². The van der Waals surface area contributed by atoms with Crippen molar-refractivity contribution in [1.29, 1.82) is 0 Å². The number of hydrogen-bond acceptors (Lipinski definition) is 4. The topological polar surface area (TPSA) is 89.4 Å². The van der Waals surface area contributed by atoms with Crippen LogP contribution in [0.5, 0.6) is 0 Å². The van der Waals surface area contributed by atoms with Gasteiger partial charge in [0.25, 0.3) is 5.91 Å². The number of ether oxygens (including phenoxy) is 1. The van der Waals surface area contributed by atoms with Crippen LogP contribution in [0.15, 0.2) is 36.4 Å². The lowest BCUT2D eigenvalue weighted by Gasteiger charge is -2.21. The molecule has 1 atom stereocenters. The van der Waals surface area contributed by atoms with Crippen LogP contribution < -0.4 is 10.6 Å². The summed E-state index contributed by atoms with van der Waals surface area (Å²) >= 11 is 0. The molecular weight excluding hydrogens is 370 g/mol. The van der Waals surface area contributed by atoms with Crippen molar-refractivity contribution in [3.8, 4) is 0 Å². The molecule has 0 aliphatic carbocycles. The fraction of sp³-hybridized carbons (Fsp3) is 0.409. The Balaban J connectivity index is 2.04. The van der Waals surface area contributed by atoms with E-state index in [-0.39, 0.29) is 0 Å². The number of hydrogen-bond donors (Lipinski definition) is 2. The zero-order valence-corrected chi connectivity index (χ0v) is 17.8. The third kappa shape index (κ3) is 6.20. The van der Waals surface area contributed by atoms with Gasteiger partial charge in [0.15, 0.2) is 6.10 Å². The summed E-state index contributed by atoms with van der Waals surface area (Å²) in [6.07, 6.45) is -1.11. The van der Waals surface area contributed by atoms with Crippen molar-refractivity contribution in [3.05, 3.63) is 58.9 Å². The molecule has 0 aliphatic rings.